The van der Waals surface area contributed by atoms with E-state index < -0.39 is 12.5 Å². The number of rotatable bonds is 10. The van der Waals surface area contributed by atoms with Crippen LogP contribution in [0.25, 0.3) is 6.08 Å². The van der Waals surface area contributed by atoms with Crippen LogP contribution in [0.1, 0.15) is 45.1 Å². The summed E-state index contributed by atoms with van der Waals surface area (Å²) in [5, 5.41) is 12.0. The van der Waals surface area contributed by atoms with Crippen LogP contribution in [0.4, 0.5) is 8.78 Å². The fourth-order valence-corrected chi connectivity index (χ4v) is 2.34. The van der Waals surface area contributed by atoms with Gasteiger partial charge in [0, 0.05) is 6.54 Å². The number of amides is 1. The van der Waals surface area contributed by atoms with Crippen LogP contribution >= 0.6 is 0 Å². The van der Waals surface area contributed by atoms with Crippen molar-refractivity contribution in [1.82, 2.24) is 5.32 Å². The second-order valence-corrected chi connectivity index (χ2v) is 5.74. The zero-order valence-corrected chi connectivity index (χ0v) is 14.6. The summed E-state index contributed by atoms with van der Waals surface area (Å²) in [5.74, 6) is -0.00296. The minimum absolute atomic E-state index is 0.0205. The summed E-state index contributed by atoms with van der Waals surface area (Å²) in [4.78, 5) is 12.2. The van der Waals surface area contributed by atoms with Gasteiger partial charge in [-0.1, -0.05) is 45.2 Å². The molecule has 1 rings (SSSR count). The number of ether oxygens (including phenoxy) is 1. The Balaban J connectivity index is 2.68. The van der Waals surface area contributed by atoms with Gasteiger partial charge in [-0.25, -0.2) is 0 Å². The molecule has 0 heterocycles. The third-order valence-corrected chi connectivity index (χ3v) is 3.88. The maximum absolute atomic E-state index is 12.2. The molecule has 0 aliphatic rings. The molecule has 0 saturated carbocycles. The van der Waals surface area contributed by atoms with Crippen LogP contribution in [-0.4, -0.2) is 19.1 Å². The van der Waals surface area contributed by atoms with Gasteiger partial charge in [0.25, 0.3) is 5.91 Å². The van der Waals surface area contributed by atoms with Crippen LogP contribution in [0.15, 0.2) is 29.8 Å². The number of benzene rings is 1. The lowest BCUT2D eigenvalue weighted by molar-refractivity contribution is -0.117. The number of nitrogens with one attached hydrogen (secondary N) is 1. The smallest absolute Gasteiger partial charge is 0.387 e. The van der Waals surface area contributed by atoms with Gasteiger partial charge in [0.05, 0.1) is 0 Å². The van der Waals surface area contributed by atoms with Crippen LogP contribution in [0, 0.1) is 17.2 Å². The maximum Gasteiger partial charge on any atom is 0.387 e. The van der Waals surface area contributed by atoms with E-state index in [0.717, 1.165) is 25.7 Å². The molecule has 0 aliphatic carbocycles. The molecule has 1 amide bonds. The highest BCUT2D eigenvalue weighted by Gasteiger charge is 2.12. The molecule has 0 aliphatic heterocycles. The first-order valence-electron chi connectivity index (χ1n) is 8.45. The van der Waals surface area contributed by atoms with E-state index in [1.54, 1.807) is 0 Å². The third-order valence-electron chi connectivity index (χ3n) is 3.88. The lowest BCUT2D eigenvalue weighted by Gasteiger charge is -2.15. The van der Waals surface area contributed by atoms with Crippen molar-refractivity contribution >= 4 is 12.0 Å². The largest absolute Gasteiger partial charge is 0.435 e. The highest BCUT2D eigenvalue weighted by atomic mass is 19.3. The highest BCUT2D eigenvalue weighted by Crippen LogP contribution is 2.17. The minimum atomic E-state index is -2.89. The van der Waals surface area contributed by atoms with E-state index in [9.17, 15) is 18.8 Å². The number of carbonyl (C=O) groups is 1. The molecule has 25 heavy (non-hydrogen) atoms. The predicted molar refractivity (Wildman–Crippen MR) is 93.0 cm³/mol. The summed E-state index contributed by atoms with van der Waals surface area (Å²) in [6.45, 7) is 1.85. The Morgan fingerprint density at radius 1 is 1.32 bits per heavy atom. The van der Waals surface area contributed by atoms with Crippen molar-refractivity contribution in [3.05, 3.63) is 35.4 Å². The number of nitrogens with zero attached hydrogens (tertiary/aromatic N) is 1. The quantitative estimate of drug-likeness (QED) is 0.498. The van der Waals surface area contributed by atoms with E-state index in [1.165, 1.54) is 30.3 Å². The molecule has 0 fully saturated rings. The second-order valence-electron chi connectivity index (χ2n) is 5.74. The van der Waals surface area contributed by atoms with Gasteiger partial charge in [-0.3, -0.25) is 4.79 Å². The fourth-order valence-electron chi connectivity index (χ4n) is 2.34. The number of hydrogen-bond acceptors (Lipinski definition) is 3. The van der Waals surface area contributed by atoms with Gasteiger partial charge in [-0.2, -0.15) is 14.0 Å². The fraction of sp³-hybridized carbons (Fsp3) is 0.474. The Hall–Kier alpha value is -2.42. The standard InChI is InChI=1S/C19H24F2N2O2/c1-3-5-6-14(4-2)13-23-18(24)16(12-22)11-15-7-9-17(10-8-15)25-19(20)21/h7-11,14,19H,3-6,13H2,1-2H3,(H,23,24)/b16-11+/t14-/m0/s1. The highest BCUT2D eigenvalue weighted by molar-refractivity contribution is 6.01. The molecule has 6 heteroatoms. The second kappa shape index (κ2) is 11.2. The van der Waals surface area contributed by atoms with Gasteiger partial charge in [0.1, 0.15) is 17.4 Å². The van der Waals surface area contributed by atoms with E-state index in [-0.39, 0.29) is 11.3 Å². The molecule has 1 aromatic rings. The summed E-state index contributed by atoms with van der Waals surface area (Å²) in [5.41, 5.74) is 0.541. The Morgan fingerprint density at radius 2 is 2.00 bits per heavy atom. The van der Waals surface area contributed by atoms with Crippen LogP contribution in [0.2, 0.25) is 0 Å². The average Bonchev–Trinajstić information content (AvgIpc) is 2.60. The molecule has 0 aromatic heterocycles. The zero-order valence-electron chi connectivity index (χ0n) is 14.6. The third kappa shape index (κ3) is 7.79. The molecule has 1 atom stereocenters. The van der Waals surface area contributed by atoms with Crippen molar-refractivity contribution in [2.75, 3.05) is 6.54 Å². The molecule has 0 saturated heterocycles. The normalized spacial score (nSPS) is 12.6. The van der Waals surface area contributed by atoms with Crippen molar-refractivity contribution in [2.24, 2.45) is 5.92 Å². The topological polar surface area (TPSA) is 62.1 Å². The van der Waals surface area contributed by atoms with Crippen LogP contribution in [0.3, 0.4) is 0 Å². The van der Waals surface area contributed by atoms with Gasteiger partial charge >= 0.3 is 6.61 Å². The number of nitriles is 1. The molecule has 4 nitrogen and oxygen atoms in total. The number of alkyl halides is 2. The summed E-state index contributed by atoms with van der Waals surface area (Å²) in [7, 11) is 0. The van der Waals surface area contributed by atoms with Crippen molar-refractivity contribution in [2.45, 2.75) is 46.1 Å². The van der Waals surface area contributed by atoms with Crippen molar-refractivity contribution in [1.29, 1.82) is 5.26 Å². The molecule has 0 spiro atoms. The van der Waals surface area contributed by atoms with E-state index in [4.69, 9.17) is 0 Å². The van der Waals surface area contributed by atoms with Crippen molar-refractivity contribution in [3.8, 4) is 11.8 Å². The Morgan fingerprint density at radius 3 is 2.52 bits per heavy atom. The first kappa shape index (κ1) is 20.6. The van der Waals surface area contributed by atoms with E-state index in [1.807, 2.05) is 6.07 Å². The zero-order chi connectivity index (χ0) is 18.7. The van der Waals surface area contributed by atoms with Crippen molar-refractivity contribution < 1.29 is 18.3 Å². The van der Waals surface area contributed by atoms with Crippen molar-refractivity contribution in [3.63, 3.8) is 0 Å². The minimum Gasteiger partial charge on any atom is -0.435 e. The Kier molecular flexibility index (Phi) is 9.23. The first-order chi connectivity index (χ1) is 12.0. The molecule has 1 N–H and O–H groups in total. The van der Waals surface area contributed by atoms with Gasteiger partial charge in [-0.05, 0) is 36.1 Å². The lowest BCUT2D eigenvalue weighted by Crippen LogP contribution is -2.30. The number of halogens is 2. The summed E-state index contributed by atoms with van der Waals surface area (Å²) < 4.78 is 28.5. The number of carbonyl (C=O) groups excluding carboxylic acids is 1. The van der Waals surface area contributed by atoms with E-state index >= 15 is 0 Å². The molecular formula is C19H24F2N2O2. The first-order valence-corrected chi connectivity index (χ1v) is 8.45. The number of unbranched alkanes of at least 4 members (excludes halogenated alkanes) is 1. The SMILES string of the molecule is CCCC[C@H](CC)CNC(=O)/C(C#N)=C/c1ccc(OC(F)F)cc1. The molecule has 1 aromatic carbocycles. The van der Waals surface area contributed by atoms with E-state index in [2.05, 4.69) is 23.9 Å². The van der Waals surface area contributed by atoms with Gasteiger partial charge < -0.3 is 10.1 Å². The number of hydrogen-bond donors (Lipinski definition) is 1. The lowest BCUT2D eigenvalue weighted by atomic mass is 9.99. The van der Waals surface area contributed by atoms with Gasteiger partial charge in [0.15, 0.2) is 0 Å². The van der Waals surface area contributed by atoms with Crippen LogP contribution in [-0.2, 0) is 4.79 Å². The molecular weight excluding hydrogens is 326 g/mol. The molecule has 136 valence electrons. The summed E-state index contributed by atoms with van der Waals surface area (Å²) in [6.07, 6.45) is 5.66. The molecule has 0 unspecified atom stereocenters. The summed E-state index contributed by atoms with van der Waals surface area (Å²) >= 11 is 0. The molecule has 0 radical (unpaired) electrons. The van der Waals surface area contributed by atoms with Gasteiger partial charge in [-0.15, -0.1) is 0 Å². The monoisotopic (exact) mass is 350 g/mol. The molecule has 0 bridgehead atoms. The van der Waals surface area contributed by atoms with E-state index in [0.29, 0.717) is 18.0 Å². The van der Waals surface area contributed by atoms with Gasteiger partial charge in [0.2, 0.25) is 0 Å². The van der Waals surface area contributed by atoms with Crippen LogP contribution in [0.5, 0.6) is 5.75 Å². The average molecular weight is 350 g/mol. The Bertz CT molecular complexity index is 607. The Labute approximate surface area is 147 Å². The predicted octanol–water partition coefficient (Wildman–Crippen LogP) is 4.53. The van der Waals surface area contributed by atoms with Crippen LogP contribution < -0.4 is 10.1 Å². The summed E-state index contributed by atoms with van der Waals surface area (Å²) in [6, 6.07) is 7.63. The maximum atomic E-state index is 12.2.